The molecule has 1 amide bonds. The Kier molecular flexibility index (Phi) is 4.79. The minimum atomic E-state index is -0.0186. The highest BCUT2D eigenvalue weighted by atomic mass is 16.1. The molecule has 2 aromatic heterocycles. The molecule has 24 heavy (non-hydrogen) atoms. The molecule has 0 aliphatic heterocycles. The number of nitrogens with zero attached hydrogens (tertiary/aromatic N) is 3. The molecule has 0 radical (unpaired) electrons. The zero-order chi connectivity index (χ0) is 16.9. The molecule has 1 aromatic carbocycles. The van der Waals surface area contributed by atoms with Crippen molar-refractivity contribution >= 4 is 5.91 Å². The standard InChI is InChI=1S/C19H22N4O/c1-15-9-11-20-23(15)14-10-19(24)21-16(2)17-5-7-18(8-6-17)22-12-3-4-13-22/h3-9,11-13,16H,10,14H2,1-2H3,(H,21,24). The number of rotatable bonds is 6. The molecule has 0 saturated heterocycles. The zero-order valence-electron chi connectivity index (χ0n) is 14.0. The summed E-state index contributed by atoms with van der Waals surface area (Å²) in [4.78, 5) is 12.1. The largest absolute Gasteiger partial charge is 0.350 e. The van der Waals surface area contributed by atoms with Gasteiger partial charge in [-0.25, -0.2) is 0 Å². The van der Waals surface area contributed by atoms with Crippen molar-refractivity contribution in [3.63, 3.8) is 0 Å². The van der Waals surface area contributed by atoms with Gasteiger partial charge in [-0.2, -0.15) is 5.10 Å². The second kappa shape index (κ2) is 7.17. The molecule has 0 bridgehead atoms. The van der Waals surface area contributed by atoms with Crippen LogP contribution in [0.25, 0.3) is 5.69 Å². The van der Waals surface area contributed by atoms with Crippen molar-refractivity contribution in [1.29, 1.82) is 0 Å². The number of aryl methyl sites for hydroxylation is 2. The van der Waals surface area contributed by atoms with Gasteiger partial charge in [0.15, 0.2) is 0 Å². The number of hydrogen-bond acceptors (Lipinski definition) is 2. The molecule has 5 nitrogen and oxygen atoms in total. The van der Waals surface area contributed by atoms with Crippen molar-refractivity contribution in [3.05, 3.63) is 72.3 Å². The Hall–Kier alpha value is -2.82. The summed E-state index contributed by atoms with van der Waals surface area (Å²) in [6.45, 7) is 4.59. The molecule has 124 valence electrons. The van der Waals surface area contributed by atoms with Crippen LogP contribution in [0.5, 0.6) is 0 Å². The lowest BCUT2D eigenvalue weighted by molar-refractivity contribution is -0.122. The van der Waals surface area contributed by atoms with E-state index in [-0.39, 0.29) is 11.9 Å². The minimum absolute atomic E-state index is 0.0186. The number of nitrogens with one attached hydrogen (secondary N) is 1. The smallest absolute Gasteiger partial charge is 0.222 e. The first-order chi connectivity index (χ1) is 11.6. The van der Waals surface area contributed by atoms with Gasteiger partial charge >= 0.3 is 0 Å². The fraction of sp³-hybridized carbons (Fsp3) is 0.263. The Balaban J connectivity index is 1.55. The van der Waals surface area contributed by atoms with E-state index >= 15 is 0 Å². The maximum Gasteiger partial charge on any atom is 0.222 e. The summed E-state index contributed by atoms with van der Waals surface area (Å²) in [6.07, 6.45) is 6.20. The van der Waals surface area contributed by atoms with E-state index in [9.17, 15) is 4.79 Å². The highest BCUT2D eigenvalue weighted by molar-refractivity contribution is 5.76. The SMILES string of the molecule is Cc1ccnn1CCC(=O)NC(C)c1ccc(-n2cccc2)cc1. The minimum Gasteiger partial charge on any atom is -0.350 e. The molecule has 0 saturated carbocycles. The van der Waals surface area contributed by atoms with Gasteiger partial charge in [0, 0.05) is 42.9 Å². The Labute approximate surface area is 141 Å². The number of amides is 1. The summed E-state index contributed by atoms with van der Waals surface area (Å²) in [7, 11) is 0. The van der Waals surface area contributed by atoms with E-state index < -0.39 is 0 Å². The second-order valence-electron chi connectivity index (χ2n) is 5.92. The van der Waals surface area contributed by atoms with Gasteiger partial charge in [-0.3, -0.25) is 9.48 Å². The molecule has 1 N–H and O–H groups in total. The van der Waals surface area contributed by atoms with Crippen LogP contribution in [-0.4, -0.2) is 20.3 Å². The van der Waals surface area contributed by atoms with Crippen LogP contribution in [0.2, 0.25) is 0 Å². The predicted molar refractivity (Wildman–Crippen MR) is 93.9 cm³/mol. The van der Waals surface area contributed by atoms with Crippen LogP contribution in [0.1, 0.15) is 30.6 Å². The average molecular weight is 322 g/mol. The maximum absolute atomic E-state index is 12.1. The first-order valence-electron chi connectivity index (χ1n) is 8.14. The monoisotopic (exact) mass is 322 g/mol. The molecule has 5 heteroatoms. The van der Waals surface area contributed by atoms with Gasteiger partial charge in [0.25, 0.3) is 0 Å². The highest BCUT2D eigenvalue weighted by Crippen LogP contribution is 2.16. The molecule has 3 rings (SSSR count). The average Bonchev–Trinajstić information content (AvgIpc) is 3.25. The van der Waals surface area contributed by atoms with Crippen molar-refractivity contribution in [2.75, 3.05) is 0 Å². The Bertz CT molecular complexity index is 787. The van der Waals surface area contributed by atoms with E-state index in [1.165, 1.54) is 0 Å². The van der Waals surface area contributed by atoms with Crippen LogP contribution in [0.4, 0.5) is 0 Å². The van der Waals surface area contributed by atoms with E-state index in [1.54, 1.807) is 6.20 Å². The first kappa shape index (κ1) is 16.1. The van der Waals surface area contributed by atoms with Crippen molar-refractivity contribution in [3.8, 4) is 5.69 Å². The van der Waals surface area contributed by atoms with E-state index in [0.717, 1.165) is 16.9 Å². The first-order valence-corrected chi connectivity index (χ1v) is 8.14. The van der Waals surface area contributed by atoms with Gasteiger partial charge in [-0.15, -0.1) is 0 Å². The van der Waals surface area contributed by atoms with E-state index in [4.69, 9.17) is 0 Å². The molecular formula is C19H22N4O. The van der Waals surface area contributed by atoms with Crippen LogP contribution < -0.4 is 5.32 Å². The zero-order valence-corrected chi connectivity index (χ0v) is 14.0. The molecule has 0 aliphatic carbocycles. The molecule has 0 spiro atoms. The molecule has 1 atom stereocenters. The summed E-state index contributed by atoms with van der Waals surface area (Å²) in [5.74, 6) is 0.0342. The number of carbonyl (C=O) groups is 1. The number of aromatic nitrogens is 3. The van der Waals surface area contributed by atoms with Gasteiger partial charge < -0.3 is 9.88 Å². The summed E-state index contributed by atoms with van der Waals surface area (Å²) >= 11 is 0. The summed E-state index contributed by atoms with van der Waals surface area (Å²) in [5.41, 5.74) is 3.27. The molecule has 0 aliphatic rings. The van der Waals surface area contributed by atoms with Gasteiger partial charge in [0.2, 0.25) is 5.91 Å². The van der Waals surface area contributed by atoms with Gasteiger partial charge in [-0.05, 0) is 49.7 Å². The number of hydrogen-bond donors (Lipinski definition) is 1. The lowest BCUT2D eigenvalue weighted by Gasteiger charge is -2.15. The Morgan fingerprint density at radius 2 is 1.88 bits per heavy atom. The second-order valence-corrected chi connectivity index (χ2v) is 5.92. The van der Waals surface area contributed by atoms with Crippen molar-refractivity contribution in [2.24, 2.45) is 0 Å². The summed E-state index contributed by atoms with van der Waals surface area (Å²) in [6, 6.07) is 14.1. The van der Waals surface area contributed by atoms with Crippen molar-refractivity contribution in [2.45, 2.75) is 32.9 Å². The van der Waals surface area contributed by atoms with Crippen LogP contribution in [0.15, 0.2) is 61.1 Å². The van der Waals surface area contributed by atoms with Crippen LogP contribution >= 0.6 is 0 Å². The molecule has 3 aromatic rings. The Morgan fingerprint density at radius 3 is 2.50 bits per heavy atom. The van der Waals surface area contributed by atoms with Crippen LogP contribution in [0, 0.1) is 6.92 Å². The normalized spacial score (nSPS) is 12.1. The van der Waals surface area contributed by atoms with E-state index in [1.807, 2.05) is 49.1 Å². The molecule has 0 fully saturated rings. The fourth-order valence-electron chi connectivity index (χ4n) is 2.68. The van der Waals surface area contributed by atoms with Crippen molar-refractivity contribution in [1.82, 2.24) is 19.7 Å². The maximum atomic E-state index is 12.1. The van der Waals surface area contributed by atoms with E-state index in [2.05, 4.69) is 39.2 Å². The lowest BCUT2D eigenvalue weighted by Crippen LogP contribution is -2.27. The summed E-state index contributed by atoms with van der Waals surface area (Å²) < 4.78 is 3.90. The Morgan fingerprint density at radius 1 is 1.17 bits per heavy atom. The van der Waals surface area contributed by atoms with Gasteiger partial charge in [-0.1, -0.05) is 12.1 Å². The number of benzene rings is 1. The van der Waals surface area contributed by atoms with Gasteiger partial charge in [0.05, 0.1) is 6.04 Å². The molecular weight excluding hydrogens is 300 g/mol. The third-order valence-corrected chi connectivity index (χ3v) is 4.15. The van der Waals surface area contributed by atoms with E-state index in [0.29, 0.717) is 13.0 Å². The third-order valence-electron chi connectivity index (χ3n) is 4.15. The summed E-state index contributed by atoms with van der Waals surface area (Å²) in [5, 5.41) is 7.24. The fourth-order valence-corrected chi connectivity index (χ4v) is 2.68. The molecule has 2 heterocycles. The van der Waals surface area contributed by atoms with Crippen molar-refractivity contribution < 1.29 is 4.79 Å². The number of carbonyl (C=O) groups excluding carboxylic acids is 1. The predicted octanol–water partition coefficient (Wildman–Crippen LogP) is 3.25. The van der Waals surface area contributed by atoms with Crippen LogP contribution in [0.3, 0.4) is 0 Å². The van der Waals surface area contributed by atoms with Crippen LogP contribution in [-0.2, 0) is 11.3 Å². The third kappa shape index (κ3) is 3.74. The highest BCUT2D eigenvalue weighted by Gasteiger charge is 2.10. The molecule has 1 unspecified atom stereocenters. The topological polar surface area (TPSA) is 51.9 Å². The van der Waals surface area contributed by atoms with Gasteiger partial charge in [0.1, 0.15) is 0 Å². The quantitative estimate of drug-likeness (QED) is 0.757. The lowest BCUT2D eigenvalue weighted by atomic mass is 10.1.